The predicted molar refractivity (Wildman–Crippen MR) is 87.7 cm³/mol. The molecule has 0 aliphatic heterocycles. The van der Waals surface area contributed by atoms with E-state index in [-0.39, 0.29) is 11.9 Å². The molecule has 0 radical (unpaired) electrons. The Hall–Kier alpha value is -1.62. The van der Waals surface area contributed by atoms with E-state index in [2.05, 4.69) is 34.4 Å². The predicted octanol–water partition coefficient (Wildman–Crippen LogP) is 2.36. The van der Waals surface area contributed by atoms with Crippen LogP contribution in [0.1, 0.15) is 44.1 Å². The maximum atomic E-state index is 12.1. The first-order chi connectivity index (χ1) is 10.1. The zero-order valence-electron chi connectivity index (χ0n) is 13.6. The number of pyridine rings is 1. The third-order valence-corrected chi connectivity index (χ3v) is 3.67. The van der Waals surface area contributed by atoms with Gasteiger partial charge in [-0.05, 0) is 51.5 Å². The topological polar surface area (TPSA) is 57.3 Å². The summed E-state index contributed by atoms with van der Waals surface area (Å²) in [4.78, 5) is 18.6. The fourth-order valence-corrected chi connectivity index (χ4v) is 2.21. The minimum atomic E-state index is -0.104. The number of nitrogens with one attached hydrogen (secondary N) is 2. The molecule has 5 heteroatoms. The van der Waals surface area contributed by atoms with E-state index >= 15 is 0 Å². The third-order valence-electron chi connectivity index (χ3n) is 3.67. The largest absolute Gasteiger partial charge is 0.387 e. The van der Waals surface area contributed by atoms with E-state index in [0.29, 0.717) is 5.69 Å². The lowest BCUT2D eigenvalue weighted by Gasteiger charge is -2.19. The Balaban J connectivity index is 2.35. The molecule has 1 heterocycles. The molecule has 0 saturated carbocycles. The summed E-state index contributed by atoms with van der Waals surface area (Å²) in [6.07, 6.45) is 3.74. The van der Waals surface area contributed by atoms with Crippen molar-refractivity contribution in [2.45, 2.75) is 39.7 Å². The molecular formula is C16H28N4O. The number of carbonyl (C=O) groups excluding carboxylic acids is 1. The van der Waals surface area contributed by atoms with Crippen molar-refractivity contribution in [1.82, 2.24) is 15.2 Å². The van der Waals surface area contributed by atoms with Gasteiger partial charge < -0.3 is 15.5 Å². The molecule has 1 aromatic heterocycles. The van der Waals surface area contributed by atoms with Gasteiger partial charge in [-0.1, -0.05) is 13.8 Å². The molecule has 5 nitrogen and oxygen atoms in total. The van der Waals surface area contributed by atoms with Gasteiger partial charge in [0.05, 0.1) is 11.9 Å². The average Bonchev–Trinajstić information content (AvgIpc) is 2.51. The van der Waals surface area contributed by atoms with Crippen LogP contribution in [0.25, 0.3) is 0 Å². The number of hydrogen-bond donors (Lipinski definition) is 2. The van der Waals surface area contributed by atoms with Crippen LogP contribution in [0.2, 0.25) is 0 Å². The van der Waals surface area contributed by atoms with Crippen LogP contribution in [0.3, 0.4) is 0 Å². The Labute approximate surface area is 128 Å². The molecule has 0 fully saturated rings. The summed E-state index contributed by atoms with van der Waals surface area (Å²) in [7, 11) is 1.83. The summed E-state index contributed by atoms with van der Waals surface area (Å²) in [6.45, 7) is 9.65. The SMILES string of the molecule is CCN(CC)CCCC(C)NC(=O)c1ccc(NC)cn1. The summed E-state index contributed by atoms with van der Waals surface area (Å²) in [5.74, 6) is -0.104. The number of hydrogen-bond acceptors (Lipinski definition) is 4. The number of amides is 1. The second-order valence-electron chi connectivity index (χ2n) is 5.23. The smallest absolute Gasteiger partial charge is 0.270 e. The first-order valence-electron chi connectivity index (χ1n) is 7.77. The van der Waals surface area contributed by atoms with Crippen LogP contribution >= 0.6 is 0 Å². The molecule has 0 spiro atoms. The zero-order chi connectivity index (χ0) is 15.7. The molecule has 0 bridgehead atoms. The lowest BCUT2D eigenvalue weighted by molar-refractivity contribution is 0.0932. The highest BCUT2D eigenvalue weighted by Crippen LogP contribution is 2.06. The van der Waals surface area contributed by atoms with Crippen molar-refractivity contribution in [3.05, 3.63) is 24.0 Å². The summed E-state index contributed by atoms with van der Waals surface area (Å²) in [5, 5.41) is 5.99. The maximum absolute atomic E-state index is 12.1. The Morgan fingerprint density at radius 1 is 1.33 bits per heavy atom. The van der Waals surface area contributed by atoms with Crippen LogP contribution in [0.4, 0.5) is 5.69 Å². The minimum absolute atomic E-state index is 0.104. The molecule has 0 aliphatic rings. The van der Waals surface area contributed by atoms with E-state index in [1.54, 1.807) is 12.3 Å². The minimum Gasteiger partial charge on any atom is -0.387 e. The van der Waals surface area contributed by atoms with Crippen molar-refractivity contribution in [2.75, 3.05) is 32.0 Å². The molecule has 0 saturated heterocycles. The van der Waals surface area contributed by atoms with Crippen molar-refractivity contribution in [3.63, 3.8) is 0 Å². The van der Waals surface area contributed by atoms with Gasteiger partial charge in [-0.2, -0.15) is 0 Å². The zero-order valence-corrected chi connectivity index (χ0v) is 13.6. The summed E-state index contributed by atoms with van der Waals surface area (Å²) < 4.78 is 0. The molecular weight excluding hydrogens is 264 g/mol. The van der Waals surface area contributed by atoms with Gasteiger partial charge in [0.25, 0.3) is 5.91 Å². The van der Waals surface area contributed by atoms with Crippen LogP contribution in [-0.2, 0) is 0 Å². The summed E-state index contributed by atoms with van der Waals surface area (Å²) in [6, 6.07) is 3.76. The summed E-state index contributed by atoms with van der Waals surface area (Å²) in [5.41, 5.74) is 1.36. The molecule has 118 valence electrons. The molecule has 2 N–H and O–H groups in total. The Bertz CT molecular complexity index is 415. The van der Waals surface area contributed by atoms with Crippen molar-refractivity contribution in [3.8, 4) is 0 Å². The molecule has 0 aliphatic carbocycles. The molecule has 1 atom stereocenters. The van der Waals surface area contributed by atoms with E-state index in [1.165, 1.54) is 0 Å². The van der Waals surface area contributed by atoms with Crippen LogP contribution in [0, 0.1) is 0 Å². The average molecular weight is 292 g/mol. The van der Waals surface area contributed by atoms with E-state index in [0.717, 1.165) is 38.2 Å². The van der Waals surface area contributed by atoms with Crippen LogP contribution in [0.15, 0.2) is 18.3 Å². The molecule has 1 aromatic rings. The Morgan fingerprint density at radius 3 is 2.57 bits per heavy atom. The number of carbonyl (C=O) groups is 1. The molecule has 1 rings (SSSR count). The lowest BCUT2D eigenvalue weighted by Crippen LogP contribution is -2.34. The van der Waals surface area contributed by atoms with Gasteiger partial charge in [0.15, 0.2) is 0 Å². The number of nitrogens with zero attached hydrogens (tertiary/aromatic N) is 2. The normalized spacial score (nSPS) is 12.2. The first-order valence-corrected chi connectivity index (χ1v) is 7.77. The molecule has 1 unspecified atom stereocenters. The second-order valence-corrected chi connectivity index (χ2v) is 5.23. The second kappa shape index (κ2) is 9.34. The standard InChI is InChI=1S/C16H28N4O/c1-5-20(6-2)11-7-8-13(3)19-16(21)15-10-9-14(17-4)12-18-15/h9-10,12-13,17H,5-8,11H2,1-4H3,(H,19,21). The van der Waals surface area contributed by atoms with Crippen molar-refractivity contribution in [2.24, 2.45) is 0 Å². The van der Waals surface area contributed by atoms with E-state index in [1.807, 2.05) is 20.0 Å². The number of rotatable bonds is 9. The van der Waals surface area contributed by atoms with Crippen molar-refractivity contribution >= 4 is 11.6 Å². The van der Waals surface area contributed by atoms with Gasteiger partial charge in [-0.25, -0.2) is 4.98 Å². The highest BCUT2D eigenvalue weighted by atomic mass is 16.1. The van der Waals surface area contributed by atoms with Gasteiger partial charge in [-0.3, -0.25) is 4.79 Å². The summed E-state index contributed by atoms with van der Waals surface area (Å²) >= 11 is 0. The monoisotopic (exact) mass is 292 g/mol. The van der Waals surface area contributed by atoms with Gasteiger partial charge in [0.1, 0.15) is 5.69 Å². The molecule has 1 amide bonds. The quantitative estimate of drug-likeness (QED) is 0.733. The van der Waals surface area contributed by atoms with Crippen LogP contribution in [-0.4, -0.2) is 48.5 Å². The molecule has 0 aromatic carbocycles. The highest BCUT2D eigenvalue weighted by molar-refractivity contribution is 5.92. The fourth-order valence-electron chi connectivity index (χ4n) is 2.21. The van der Waals surface area contributed by atoms with Crippen molar-refractivity contribution < 1.29 is 4.79 Å². The van der Waals surface area contributed by atoms with E-state index < -0.39 is 0 Å². The van der Waals surface area contributed by atoms with Gasteiger partial charge >= 0.3 is 0 Å². The van der Waals surface area contributed by atoms with E-state index in [9.17, 15) is 4.79 Å². The van der Waals surface area contributed by atoms with Crippen molar-refractivity contribution in [1.29, 1.82) is 0 Å². The van der Waals surface area contributed by atoms with Crippen LogP contribution in [0.5, 0.6) is 0 Å². The Morgan fingerprint density at radius 2 is 2.05 bits per heavy atom. The van der Waals surface area contributed by atoms with Gasteiger partial charge in [-0.15, -0.1) is 0 Å². The third kappa shape index (κ3) is 6.12. The Kier molecular flexibility index (Phi) is 7.75. The first kappa shape index (κ1) is 17.4. The van der Waals surface area contributed by atoms with Crippen LogP contribution < -0.4 is 10.6 Å². The molecule has 21 heavy (non-hydrogen) atoms. The lowest BCUT2D eigenvalue weighted by atomic mass is 10.1. The van der Waals surface area contributed by atoms with E-state index in [4.69, 9.17) is 0 Å². The number of aromatic nitrogens is 1. The fraction of sp³-hybridized carbons (Fsp3) is 0.625. The van der Waals surface area contributed by atoms with Gasteiger partial charge in [0.2, 0.25) is 0 Å². The highest BCUT2D eigenvalue weighted by Gasteiger charge is 2.11. The maximum Gasteiger partial charge on any atom is 0.270 e. The van der Waals surface area contributed by atoms with Gasteiger partial charge in [0, 0.05) is 13.1 Å². The number of anilines is 1.